The second-order valence-corrected chi connectivity index (χ2v) is 1.98. The molecule has 0 aromatic rings. The molecule has 0 bridgehead atoms. The van der Waals surface area contributed by atoms with E-state index in [1.54, 1.807) is 0 Å². The van der Waals surface area contributed by atoms with Crippen molar-refractivity contribution in [1.82, 2.24) is 0 Å². The second kappa shape index (κ2) is 1.44. The molecule has 7 heavy (non-hydrogen) atoms. The van der Waals surface area contributed by atoms with Gasteiger partial charge in [0, 0.05) is 0 Å². The van der Waals surface area contributed by atoms with Crippen LogP contribution in [0.4, 0.5) is 4.39 Å². The van der Waals surface area contributed by atoms with E-state index in [0.29, 0.717) is 0 Å². The number of epoxide rings is 1. The fourth-order valence-corrected chi connectivity index (χ4v) is 0.684. The van der Waals surface area contributed by atoms with Gasteiger partial charge in [0.1, 0.15) is 12.3 Å². The molecule has 1 aliphatic rings. The maximum absolute atomic E-state index is 12.0. The molecule has 1 rings (SSSR count). The SMILES string of the molecule is CC(F)C1OC1C. The summed E-state index contributed by atoms with van der Waals surface area (Å²) in [6.45, 7) is 3.40. The van der Waals surface area contributed by atoms with Crippen LogP contribution in [0.5, 0.6) is 0 Å². The van der Waals surface area contributed by atoms with Gasteiger partial charge >= 0.3 is 0 Å². The lowest BCUT2D eigenvalue weighted by Gasteiger charge is -1.88. The summed E-state index contributed by atoms with van der Waals surface area (Å²) in [6, 6.07) is 0. The van der Waals surface area contributed by atoms with E-state index in [0.717, 1.165) is 0 Å². The quantitative estimate of drug-likeness (QED) is 0.454. The zero-order chi connectivity index (χ0) is 5.44. The van der Waals surface area contributed by atoms with Gasteiger partial charge in [-0.3, -0.25) is 0 Å². The topological polar surface area (TPSA) is 12.5 Å². The largest absolute Gasteiger partial charge is 0.367 e. The van der Waals surface area contributed by atoms with Crippen molar-refractivity contribution < 1.29 is 9.13 Å². The first-order valence-corrected chi connectivity index (χ1v) is 2.51. The van der Waals surface area contributed by atoms with Crippen molar-refractivity contribution in [2.24, 2.45) is 0 Å². The first kappa shape index (κ1) is 5.04. The molecule has 0 aromatic carbocycles. The summed E-state index contributed by atoms with van der Waals surface area (Å²) in [7, 11) is 0. The molecule has 3 unspecified atom stereocenters. The van der Waals surface area contributed by atoms with Gasteiger partial charge < -0.3 is 4.74 Å². The first-order valence-electron chi connectivity index (χ1n) is 2.51. The lowest BCUT2D eigenvalue weighted by Crippen LogP contribution is -2.03. The number of hydrogen-bond donors (Lipinski definition) is 0. The van der Waals surface area contributed by atoms with Crippen molar-refractivity contribution in [3.05, 3.63) is 0 Å². The molecule has 1 nitrogen and oxygen atoms in total. The Hall–Kier alpha value is -0.110. The third-order valence-corrected chi connectivity index (χ3v) is 1.21. The van der Waals surface area contributed by atoms with Gasteiger partial charge in [-0.05, 0) is 13.8 Å². The maximum atomic E-state index is 12.0. The lowest BCUT2D eigenvalue weighted by atomic mass is 10.2. The van der Waals surface area contributed by atoms with Gasteiger partial charge in [-0.1, -0.05) is 0 Å². The van der Waals surface area contributed by atoms with Crippen molar-refractivity contribution in [3.63, 3.8) is 0 Å². The van der Waals surface area contributed by atoms with E-state index in [1.165, 1.54) is 6.92 Å². The van der Waals surface area contributed by atoms with Crippen LogP contribution in [0.3, 0.4) is 0 Å². The van der Waals surface area contributed by atoms with Crippen LogP contribution < -0.4 is 0 Å². The molecule has 42 valence electrons. The van der Waals surface area contributed by atoms with E-state index >= 15 is 0 Å². The fraction of sp³-hybridized carbons (Fsp3) is 1.00. The Labute approximate surface area is 42.5 Å². The molecule has 1 heterocycles. The molecule has 0 saturated carbocycles. The van der Waals surface area contributed by atoms with Crippen molar-refractivity contribution in [1.29, 1.82) is 0 Å². The first-order chi connectivity index (χ1) is 3.22. The molecule has 1 fully saturated rings. The minimum Gasteiger partial charge on any atom is -0.367 e. The third kappa shape index (κ3) is 0.911. The molecule has 3 atom stereocenters. The summed E-state index contributed by atoms with van der Waals surface area (Å²) in [6.07, 6.45) is -0.713. The van der Waals surface area contributed by atoms with Crippen molar-refractivity contribution in [3.8, 4) is 0 Å². The lowest BCUT2D eigenvalue weighted by molar-refractivity contribution is 0.263. The Kier molecular flexibility index (Phi) is 1.04. The van der Waals surface area contributed by atoms with Gasteiger partial charge in [0.2, 0.25) is 0 Å². The van der Waals surface area contributed by atoms with Crippen LogP contribution in [-0.2, 0) is 4.74 Å². The van der Waals surface area contributed by atoms with E-state index in [4.69, 9.17) is 4.74 Å². The van der Waals surface area contributed by atoms with E-state index in [2.05, 4.69) is 0 Å². The van der Waals surface area contributed by atoms with Crippen LogP contribution in [0.15, 0.2) is 0 Å². The number of rotatable bonds is 1. The highest BCUT2D eigenvalue weighted by Crippen LogP contribution is 2.25. The standard InChI is InChI=1S/C5H9FO/c1-3(6)5-4(2)7-5/h3-5H,1-2H3. The van der Waals surface area contributed by atoms with Crippen molar-refractivity contribution in [2.75, 3.05) is 0 Å². The molecule has 0 aliphatic carbocycles. The molecule has 1 saturated heterocycles. The summed E-state index contributed by atoms with van der Waals surface area (Å²) in [5.41, 5.74) is 0. The second-order valence-electron chi connectivity index (χ2n) is 1.98. The van der Waals surface area contributed by atoms with Crippen LogP contribution in [0.2, 0.25) is 0 Å². The summed E-state index contributed by atoms with van der Waals surface area (Å²) in [4.78, 5) is 0. The highest BCUT2D eigenvalue weighted by Gasteiger charge is 2.39. The smallest absolute Gasteiger partial charge is 0.126 e. The number of alkyl halides is 1. The monoisotopic (exact) mass is 104 g/mol. The highest BCUT2D eigenvalue weighted by atomic mass is 19.1. The zero-order valence-electron chi connectivity index (χ0n) is 4.52. The van der Waals surface area contributed by atoms with E-state index in [9.17, 15) is 4.39 Å². The Balaban J connectivity index is 2.20. The molecule has 2 heteroatoms. The van der Waals surface area contributed by atoms with Crippen LogP contribution in [0, 0.1) is 0 Å². The number of hydrogen-bond acceptors (Lipinski definition) is 1. The van der Waals surface area contributed by atoms with E-state index in [-0.39, 0.29) is 12.2 Å². The van der Waals surface area contributed by atoms with Crippen LogP contribution in [0.1, 0.15) is 13.8 Å². The van der Waals surface area contributed by atoms with Gasteiger partial charge in [0.25, 0.3) is 0 Å². The van der Waals surface area contributed by atoms with Crippen LogP contribution >= 0.6 is 0 Å². The minimum absolute atomic E-state index is 0.0972. The molecule has 0 amide bonds. The maximum Gasteiger partial charge on any atom is 0.126 e. The average molecular weight is 104 g/mol. The predicted octanol–water partition coefficient (Wildman–Crippen LogP) is 1.13. The number of halogens is 1. The molecular weight excluding hydrogens is 95.1 g/mol. The van der Waals surface area contributed by atoms with Crippen LogP contribution in [0.25, 0.3) is 0 Å². The molecule has 0 aromatic heterocycles. The van der Waals surface area contributed by atoms with Gasteiger partial charge in [-0.15, -0.1) is 0 Å². The molecule has 0 N–H and O–H groups in total. The van der Waals surface area contributed by atoms with Crippen molar-refractivity contribution in [2.45, 2.75) is 32.2 Å². The number of ether oxygens (including phenoxy) is 1. The molecular formula is C5H9FO. The fourth-order valence-electron chi connectivity index (χ4n) is 0.684. The summed E-state index contributed by atoms with van der Waals surface area (Å²) < 4.78 is 16.8. The van der Waals surface area contributed by atoms with Gasteiger partial charge in [-0.25, -0.2) is 4.39 Å². The molecule has 0 radical (unpaired) electrons. The van der Waals surface area contributed by atoms with Crippen LogP contribution in [-0.4, -0.2) is 18.4 Å². The average Bonchev–Trinajstić information content (AvgIpc) is 2.17. The van der Waals surface area contributed by atoms with Gasteiger partial charge in [0.15, 0.2) is 0 Å². The highest BCUT2D eigenvalue weighted by molar-refractivity contribution is 4.84. The van der Waals surface area contributed by atoms with Gasteiger partial charge in [0.05, 0.1) is 6.10 Å². The third-order valence-electron chi connectivity index (χ3n) is 1.21. The van der Waals surface area contributed by atoms with Crippen molar-refractivity contribution >= 4 is 0 Å². The summed E-state index contributed by atoms with van der Waals surface area (Å²) >= 11 is 0. The van der Waals surface area contributed by atoms with Gasteiger partial charge in [-0.2, -0.15) is 0 Å². The Morgan fingerprint density at radius 3 is 2.14 bits per heavy atom. The molecule has 0 spiro atoms. The van der Waals surface area contributed by atoms with E-state index < -0.39 is 6.17 Å². The zero-order valence-corrected chi connectivity index (χ0v) is 4.52. The van der Waals surface area contributed by atoms with E-state index in [1.807, 2.05) is 6.92 Å². The molecule has 1 aliphatic heterocycles. The Morgan fingerprint density at radius 2 is 2.14 bits per heavy atom. The summed E-state index contributed by atoms with van der Waals surface area (Å²) in [5, 5.41) is 0. The predicted molar refractivity (Wildman–Crippen MR) is 24.9 cm³/mol. The Morgan fingerprint density at radius 1 is 1.71 bits per heavy atom. The summed E-state index contributed by atoms with van der Waals surface area (Å²) in [5.74, 6) is 0. The minimum atomic E-state index is -0.782. The Bertz CT molecular complexity index is 72.5. The normalized spacial score (nSPS) is 43.3.